The zero-order valence-corrected chi connectivity index (χ0v) is 17.3. The van der Waals surface area contributed by atoms with E-state index in [9.17, 15) is 19.2 Å². The largest absolute Gasteiger partial charge is 0.287 e. The van der Waals surface area contributed by atoms with Crippen molar-refractivity contribution in [3.8, 4) is 0 Å². The van der Waals surface area contributed by atoms with E-state index in [0.717, 1.165) is 0 Å². The maximum Gasteiger partial charge on any atom is 0.234 e. The summed E-state index contributed by atoms with van der Waals surface area (Å²) in [6, 6.07) is 13.5. The van der Waals surface area contributed by atoms with Gasteiger partial charge >= 0.3 is 0 Å². The smallest absolute Gasteiger partial charge is 0.234 e. The highest BCUT2D eigenvalue weighted by Crippen LogP contribution is 2.43. The number of benzene rings is 2. The summed E-state index contributed by atoms with van der Waals surface area (Å²) in [5, 5.41) is 0. The fraction of sp³-hybridized carbons (Fsp3) is 0.250. The number of carbonyl (C=O) groups excluding carboxylic acids is 4. The monoisotopic (exact) mass is 402 g/mol. The lowest BCUT2D eigenvalue weighted by molar-refractivity contribution is -0.121. The van der Waals surface area contributed by atoms with Crippen LogP contribution in [-0.4, -0.2) is 23.4 Å². The van der Waals surface area contributed by atoms with Crippen molar-refractivity contribution in [1.82, 2.24) is 0 Å². The minimum Gasteiger partial charge on any atom is -0.287 e. The molecule has 152 valence electrons. The molecule has 2 aromatic rings. The van der Waals surface area contributed by atoms with E-state index < -0.39 is 23.4 Å². The topological polar surface area (TPSA) is 74.8 Å². The van der Waals surface area contributed by atoms with Crippen molar-refractivity contribution in [2.45, 2.75) is 27.7 Å². The van der Waals surface area contributed by atoms with Crippen LogP contribution in [0.15, 0.2) is 59.9 Å². The molecule has 0 atom stereocenters. The summed E-state index contributed by atoms with van der Waals surface area (Å²) in [7, 11) is 0. The number of hydrogen-bond acceptors (Lipinski definition) is 4. The van der Waals surface area contributed by atoms with Crippen molar-refractivity contribution >= 4 is 34.8 Å². The standard InChI is InChI=1S/C24H22N2O4/c1-13(2)23(29)25-17-11-7-5-9-15(17)21(27)19(25)20-22(28)16-10-6-8-12-18(16)26(20)24(30)14(3)4/h5-14H,1-4H3. The van der Waals surface area contributed by atoms with Gasteiger partial charge in [-0.25, -0.2) is 0 Å². The first-order valence-electron chi connectivity index (χ1n) is 9.95. The van der Waals surface area contributed by atoms with E-state index in [0.29, 0.717) is 22.5 Å². The number of rotatable bonds is 2. The van der Waals surface area contributed by atoms with E-state index >= 15 is 0 Å². The summed E-state index contributed by atoms with van der Waals surface area (Å²) in [5.41, 5.74) is 1.45. The van der Waals surface area contributed by atoms with Crippen molar-refractivity contribution in [3.05, 3.63) is 71.1 Å². The highest BCUT2D eigenvalue weighted by atomic mass is 16.2. The van der Waals surface area contributed by atoms with Crippen LogP contribution in [0, 0.1) is 11.8 Å². The Balaban J connectivity index is 2.04. The molecule has 0 bridgehead atoms. The van der Waals surface area contributed by atoms with Crippen LogP contribution in [0.5, 0.6) is 0 Å². The number of amides is 2. The Labute approximate surface area is 174 Å². The van der Waals surface area contributed by atoms with Crippen LogP contribution in [0.4, 0.5) is 11.4 Å². The van der Waals surface area contributed by atoms with E-state index in [1.165, 1.54) is 9.80 Å². The fourth-order valence-electron chi connectivity index (χ4n) is 3.82. The van der Waals surface area contributed by atoms with E-state index in [4.69, 9.17) is 0 Å². The van der Waals surface area contributed by atoms with Crippen molar-refractivity contribution in [1.29, 1.82) is 0 Å². The van der Waals surface area contributed by atoms with Crippen LogP contribution in [-0.2, 0) is 9.59 Å². The average Bonchev–Trinajstić information content (AvgIpc) is 3.18. The molecule has 2 aliphatic heterocycles. The second-order valence-corrected chi connectivity index (χ2v) is 8.05. The van der Waals surface area contributed by atoms with E-state index in [1.54, 1.807) is 76.2 Å². The Kier molecular flexibility index (Phi) is 4.65. The molecule has 2 aliphatic rings. The summed E-state index contributed by atoms with van der Waals surface area (Å²) in [6.07, 6.45) is 0. The Morgan fingerprint density at radius 3 is 1.30 bits per heavy atom. The van der Waals surface area contributed by atoms with Gasteiger partial charge in [0.15, 0.2) is 0 Å². The van der Waals surface area contributed by atoms with Gasteiger partial charge in [-0.05, 0) is 24.3 Å². The fourth-order valence-corrected chi connectivity index (χ4v) is 3.82. The Morgan fingerprint density at radius 1 is 0.633 bits per heavy atom. The highest BCUT2D eigenvalue weighted by molar-refractivity contribution is 6.34. The van der Waals surface area contributed by atoms with Gasteiger partial charge in [0.25, 0.3) is 0 Å². The lowest BCUT2D eigenvalue weighted by atomic mass is 10.1. The molecule has 0 fully saturated rings. The van der Waals surface area contributed by atoms with Crippen molar-refractivity contribution in [3.63, 3.8) is 0 Å². The molecule has 0 spiro atoms. The molecule has 0 saturated heterocycles. The number of carbonyl (C=O) groups is 4. The molecule has 4 rings (SSSR count). The molecule has 2 heterocycles. The SMILES string of the molecule is CC(C)C(=O)N1C(=C2C(=O)c3ccccc3N2C(=O)C(C)C)C(=O)c2ccccc21. The predicted octanol–water partition coefficient (Wildman–Crippen LogP) is 3.97. The number of fused-ring (bicyclic) bond motifs is 2. The number of hydrogen-bond donors (Lipinski definition) is 0. The van der Waals surface area contributed by atoms with Crippen molar-refractivity contribution < 1.29 is 19.2 Å². The molecular formula is C24H22N2O4. The predicted molar refractivity (Wildman–Crippen MR) is 113 cm³/mol. The van der Waals surface area contributed by atoms with E-state index in [2.05, 4.69) is 0 Å². The zero-order chi connectivity index (χ0) is 21.7. The van der Waals surface area contributed by atoms with Gasteiger partial charge in [0.2, 0.25) is 23.4 Å². The van der Waals surface area contributed by atoms with Crippen LogP contribution in [0.25, 0.3) is 0 Å². The molecule has 30 heavy (non-hydrogen) atoms. The molecule has 2 aromatic carbocycles. The Bertz CT molecular complexity index is 1050. The van der Waals surface area contributed by atoms with Gasteiger partial charge < -0.3 is 0 Å². The van der Waals surface area contributed by atoms with Gasteiger partial charge in [0.05, 0.1) is 11.4 Å². The van der Waals surface area contributed by atoms with Gasteiger partial charge in [0, 0.05) is 23.0 Å². The lowest BCUT2D eigenvalue weighted by Gasteiger charge is -2.26. The highest BCUT2D eigenvalue weighted by Gasteiger charge is 2.46. The first-order chi connectivity index (χ1) is 14.3. The van der Waals surface area contributed by atoms with Crippen LogP contribution in [0.2, 0.25) is 0 Å². The maximum atomic E-state index is 13.4. The number of para-hydroxylation sites is 2. The number of anilines is 2. The van der Waals surface area contributed by atoms with Gasteiger partial charge in [0.1, 0.15) is 11.4 Å². The summed E-state index contributed by atoms with van der Waals surface area (Å²) in [4.78, 5) is 55.7. The zero-order valence-electron chi connectivity index (χ0n) is 17.3. The van der Waals surface area contributed by atoms with Crippen LogP contribution in [0.3, 0.4) is 0 Å². The third-order valence-corrected chi connectivity index (χ3v) is 5.31. The van der Waals surface area contributed by atoms with Gasteiger partial charge in [-0.2, -0.15) is 0 Å². The summed E-state index contributed by atoms with van der Waals surface area (Å²) >= 11 is 0. The van der Waals surface area contributed by atoms with Gasteiger partial charge in [-0.15, -0.1) is 0 Å². The van der Waals surface area contributed by atoms with E-state index in [1.807, 2.05) is 0 Å². The molecular weight excluding hydrogens is 380 g/mol. The van der Waals surface area contributed by atoms with Crippen molar-refractivity contribution in [2.75, 3.05) is 9.80 Å². The maximum absolute atomic E-state index is 13.4. The first-order valence-corrected chi connectivity index (χ1v) is 9.95. The van der Waals surface area contributed by atoms with E-state index in [-0.39, 0.29) is 23.2 Å². The molecule has 6 nitrogen and oxygen atoms in total. The molecule has 0 N–H and O–H groups in total. The molecule has 0 unspecified atom stereocenters. The van der Waals surface area contributed by atoms with Gasteiger partial charge in [-0.1, -0.05) is 52.0 Å². The average molecular weight is 402 g/mol. The summed E-state index contributed by atoms with van der Waals surface area (Å²) in [6.45, 7) is 6.94. The molecule has 0 aliphatic carbocycles. The normalized spacial score (nSPS) is 17.8. The number of nitrogens with zero attached hydrogens (tertiary/aromatic N) is 2. The van der Waals surface area contributed by atoms with Crippen molar-refractivity contribution in [2.24, 2.45) is 11.8 Å². The number of Topliss-reactive ketones (excluding diaryl/α,β-unsaturated/α-hetero) is 2. The third kappa shape index (κ3) is 2.71. The van der Waals surface area contributed by atoms with Gasteiger partial charge in [-0.3, -0.25) is 29.0 Å². The first kappa shape index (κ1) is 19.8. The molecule has 0 aromatic heterocycles. The second kappa shape index (κ2) is 7.06. The minimum absolute atomic E-state index is 0.0508. The number of ketones is 2. The lowest BCUT2D eigenvalue weighted by Crippen LogP contribution is -2.39. The van der Waals surface area contributed by atoms with Crippen LogP contribution < -0.4 is 9.80 Å². The minimum atomic E-state index is -0.433. The van der Waals surface area contributed by atoms with Crippen LogP contribution >= 0.6 is 0 Å². The molecule has 2 amide bonds. The number of allylic oxidation sites excluding steroid dienone is 2. The summed E-state index contributed by atoms with van der Waals surface area (Å²) in [5.74, 6) is -2.30. The Hall–Kier alpha value is -3.54. The Morgan fingerprint density at radius 2 is 0.967 bits per heavy atom. The van der Waals surface area contributed by atoms with Crippen LogP contribution in [0.1, 0.15) is 48.4 Å². The molecule has 6 heteroatoms. The quantitative estimate of drug-likeness (QED) is 0.713. The third-order valence-electron chi connectivity index (χ3n) is 5.31. The molecule has 0 saturated carbocycles. The summed E-state index contributed by atoms with van der Waals surface area (Å²) < 4.78 is 0. The molecule has 0 radical (unpaired) electrons. The second-order valence-electron chi connectivity index (χ2n) is 8.05.